The molecule has 21 heavy (non-hydrogen) atoms. The molecule has 106 valence electrons. The first-order chi connectivity index (χ1) is 10.3. The van der Waals surface area contributed by atoms with Crippen LogP contribution in [0.25, 0.3) is 11.0 Å². The summed E-state index contributed by atoms with van der Waals surface area (Å²) in [5, 5.41) is 0. The average Bonchev–Trinajstić information content (AvgIpc) is 2.89. The Morgan fingerprint density at radius 1 is 1.24 bits per heavy atom. The quantitative estimate of drug-likeness (QED) is 0.688. The van der Waals surface area contributed by atoms with Crippen molar-refractivity contribution in [1.29, 1.82) is 0 Å². The molecule has 0 aliphatic rings. The third kappa shape index (κ3) is 2.79. The van der Waals surface area contributed by atoms with Crippen LogP contribution in [0.15, 0.2) is 53.8 Å². The minimum absolute atomic E-state index is 0.605. The lowest BCUT2D eigenvalue weighted by atomic mass is 10.2. The lowest BCUT2D eigenvalue weighted by molar-refractivity contribution is 0.410. The maximum absolute atomic E-state index is 5.33. The molecule has 3 rings (SSSR count). The fraction of sp³-hybridized carbons (Fsp3) is 0.176. The number of methoxy groups -OCH3 is 1. The van der Waals surface area contributed by atoms with Crippen molar-refractivity contribution in [3.63, 3.8) is 0 Å². The minimum Gasteiger partial charge on any atom is -0.496 e. The predicted octanol–water partition coefficient (Wildman–Crippen LogP) is 3.20. The molecule has 0 atom stereocenters. The monoisotopic (exact) mass is 279 g/mol. The normalized spacial score (nSPS) is 11.3. The second-order valence-corrected chi connectivity index (χ2v) is 4.89. The summed E-state index contributed by atoms with van der Waals surface area (Å²) in [4.78, 5) is 8.82. The van der Waals surface area contributed by atoms with Crippen LogP contribution in [-0.4, -0.2) is 22.9 Å². The summed E-state index contributed by atoms with van der Waals surface area (Å²) in [6.07, 6.45) is 3.71. The van der Waals surface area contributed by atoms with Gasteiger partial charge < -0.3 is 9.30 Å². The Morgan fingerprint density at radius 3 is 2.95 bits per heavy atom. The summed E-state index contributed by atoms with van der Waals surface area (Å²) in [5.41, 5.74) is 4.26. The Kier molecular flexibility index (Phi) is 3.69. The highest BCUT2D eigenvalue weighted by atomic mass is 16.5. The number of fused-ring (bicyclic) bond motifs is 1. The fourth-order valence-corrected chi connectivity index (χ4v) is 2.31. The molecule has 0 aliphatic heterocycles. The number of benzene rings is 2. The maximum Gasteiger partial charge on any atom is 0.123 e. The molecule has 0 unspecified atom stereocenters. The van der Waals surface area contributed by atoms with Crippen LogP contribution in [0.2, 0.25) is 0 Å². The molecule has 0 radical (unpaired) electrons. The number of aliphatic imine (C=N–C) groups is 1. The first-order valence-electron chi connectivity index (χ1n) is 6.81. The summed E-state index contributed by atoms with van der Waals surface area (Å²) in [6, 6.07) is 14.1. The van der Waals surface area contributed by atoms with Gasteiger partial charge in [0.2, 0.25) is 0 Å². The van der Waals surface area contributed by atoms with Crippen LogP contribution in [-0.2, 0) is 13.6 Å². The zero-order chi connectivity index (χ0) is 14.7. The number of nitrogens with zero attached hydrogens (tertiary/aromatic N) is 3. The number of aromatic nitrogens is 2. The summed E-state index contributed by atoms with van der Waals surface area (Å²) in [5.74, 6) is 0.872. The van der Waals surface area contributed by atoms with Gasteiger partial charge in [-0.2, -0.15) is 0 Å². The fourth-order valence-electron chi connectivity index (χ4n) is 2.31. The smallest absolute Gasteiger partial charge is 0.123 e. The molecule has 0 amide bonds. The summed E-state index contributed by atoms with van der Waals surface area (Å²) >= 11 is 0. The van der Waals surface area contributed by atoms with Gasteiger partial charge in [0.05, 0.1) is 31.0 Å². The number of imidazole rings is 1. The molecule has 4 heteroatoms. The Morgan fingerprint density at radius 2 is 2.10 bits per heavy atom. The van der Waals surface area contributed by atoms with Crippen molar-refractivity contribution >= 4 is 17.2 Å². The number of hydrogen-bond acceptors (Lipinski definition) is 3. The van der Waals surface area contributed by atoms with Gasteiger partial charge in [0, 0.05) is 18.8 Å². The van der Waals surface area contributed by atoms with Gasteiger partial charge in [-0.25, -0.2) is 4.98 Å². The van der Waals surface area contributed by atoms with Crippen molar-refractivity contribution in [2.24, 2.45) is 12.0 Å². The van der Waals surface area contributed by atoms with Crippen LogP contribution in [0.3, 0.4) is 0 Å². The van der Waals surface area contributed by atoms with E-state index in [1.54, 1.807) is 7.11 Å². The van der Waals surface area contributed by atoms with Crippen LogP contribution in [0, 0.1) is 0 Å². The highest BCUT2D eigenvalue weighted by Crippen LogP contribution is 2.18. The van der Waals surface area contributed by atoms with E-state index >= 15 is 0 Å². The van der Waals surface area contributed by atoms with E-state index < -0.39 is 0 Å². The highest BCUT2D eigenvalue weighted by molar-refractivity contribution is 5.87. The largest absolute Gasteiger partial charge is 0.496 e. The number of ether oxygens (including phenoxy) is 1. The molecule has 0 aliphatic carbocycles. The van der Waals surface area contributed by atoms with E-state index in [0.717, 1.165) is 27.9 Å². The summed E-state index contributed by atoms with van der Waals surface area (Å²) in [6.45, 7) is 0.605. The summed E-state index contributed by atoms with van der Waals surface area (Å²) in [7, 11) is 3.67. The molecule has 4 nitrogen and oxygen atoms in total. The SMILES string of the molecule is COc1ccccc1CN=Cc1ccc2ncn(C)c2c1. The predicted molar refractivity (Wildman–Crippen MR) is 85.0 cm³/mol. The maximum atomic E-state index is 5.33. The van der Waals surface area contributed by atoms with Crippen molar-refractivity contribution in [1.82, 2.24) is 9.55 Å². The van der Waals surface area contributed by atoms with Gasteiger partial charge >= 0.3 is 0 Å². The Balaban J connectivity index is 1.79. The molecule has 0 N–H and O–H groups in total. The molecule has 1 heterocycles. The average molecular weight is 279 g/mol. The van der Waals surface area contributed by atoms with E-state index in [0.29, 0.717) is 6.54 Å². The molecule has 0 fully saturated rings. The van der Waals surface area contributed by atoms with Crippen LogP contribution >= 0.6 is 0 Å². The highest BCUT2D eigenvalue weighted by Gasteiger charge is 2.01. The van der Waals surface area contributed by atoms with Gasteiger partial charge in [-0.15, -0.1) is 0 Å². The first kappa shape index (κ1) is 13.4. The third-order valence-electron chi connectivity index (χ3n) is 3.44. The van der Waals surface area contributed by atoms with Crippen molar-refractivity contribution in [3.8, 4) is 5.75 Å². The van der Waals surface area contributed by atoms with Gasteiger partial charge in [0.25, 0.3) is 0 Å². The van der Waals surface area contributed by atoms with Gasteiger partial charge in [-0.05, 0) is 23.8 Å². The molecule has 0 bridgehead atoms. The molecule has 0 saturated carbocycles. The number of rotatable bonds is 4. The summed E-state index contributed by atoms with van der Waals surface area (Å²) < 4.78 is 7.33. The molecule has 0 spiro atoms. The van der Waals surface area contributed by atoms with Crippen LogP contribution < -0.4 is 4.74 Å². The van der Waals surface area contributed by atoms with E-state index in [-0.39, 0.29) is 0 Å². The molecule has 0 saturated heterocycles. The number of hydrogen-bond donors (Lipinski definition) is 0. The third-order valence-corrected chi connectivity index (χ3v) is 3.44. The molecular formula is C17H17N3O. The Labute approximate surface area is 123 Å². The van der Waals surface area contributed by atoms with Crippen molar-refractivity contribution in [2.75, 3.05) is 7.11 Å². The van der Waals surface area contributed by atoms with E-state index in [9.17, 15) is 0 Å². The van der Waals surface area contributed by atoms with Crippen LogP contribution in [0.1, 0.15) is 11.1 Å². The lowest BCUT2D eigenvalue weighted by Gasteiger charge is -2.04. The molecular weight excluding hydrogens is 262 g/mol. The van der Waals surface area contributed by atoms with E-state index in [2.05, 4.69) is 16.0 Å². The zero-order valence-electron chi connectivity index (χ0n) is 12.2. The van der Waals surface area contributed by atoms with Crippen molar-refractivity contribution < 1.29 is 4.74 Å². The van der Waals surface area contributed by atoms with E-state index in [1.807, 2.05) is 60.6 Å². The topological polar surface area (TPSA) is 39.4 Å². The van der Waals surface area contributed by atoms with Crippen LogP contribution in [0.4, 0.5) is 0 Å². The first-order valence-corrected chi connectivity index (χ1v) is 6.81. The number of para-hydroxylation sites is 1. The van der Waals surface area contributed by atoms with Gasteiger partial charge in [-0.1, -0.05) is 24.3 Å². The van der Waals surface area contributed by atoms with E-state index in [4.69, 9.17) is 4.74 Å². The van der Waals surface area contributed by atoms with E-state index in [1.165, 1.54) is 0 Å². The van der Waals surface area contributed by atoms with Crippen molar-refractivity contribution in [3.05, 3.63) is 59.9 Å². The Bertz CT molecular complexity index is 790. The lowest BCUT2D eigenvalue weighted by Crippen LogP contribution is -1.91. The standard InChI is InChI=1S/C17H17N3O/c1-20-12-19-15-8-7-13(9-16(15)20)10-18-11-14-5-3-4-6-17(14)21-2/h3-10,12H,11H2,1-2H3. The molecule has 1 aromatic heterocycles. The number of aryl methyl sites for hydroxylation is 1. The second kappa shape index (κ2) is 5.79. The zero-order valence-corrected chi connectivity index (χ0v) is 12.2. The van der Waals surface area contributed by atoms with Gasteiger partial charge in [-0.3, -0.25) is 4.99 Å². The molecule has 2 aromatic carbocycles. The molecule has 3 aromatic rings. The van der Waals surface area contributed by atoms with Crippen molar-refractivity contribution in [2.45, 2.75) is 6.54 Å². The minimum atomic E-state index is 0.605. The van der Waals surface area contributed by atoms with Gasteiger partial charge in [0.15, 0.2) is 0 Å². The second-order valence-electron chi connectivity index (χ2n) is 4.89. The van der Waals surface area contributed by atoms with Gasteiger partial charge in [0.1, 0.15) is 5.75 Å². The van der Waals surface area contributed by atoms with Crippen LogP contribution in [0.5, 0.6) is 5.75 Å². The Hall–Kier alpha value is -2.62.